The number of nitrogens with zero attached hydrogens (tertiary/aromatic N) is 4. The summed E-state index contributed by atoms with van der Waals surface area (Å²) in [5.74, 6) is 0.931. The fourth-order valence-electron chi connectivity index (χ4n) is 3.47. The Balaban J connectivity index is 1.47. The van der Waals surface area contributed by atoms with E-state index in [-0.39, 0.29) is 5.91 Å². The highest BCUT2D eigenvalue weighted by Gasteiger charge is 2.24. The number of carbonyl (C=O) groups excluding carboxylic acids is 1. The van der Waals surface area contributed by atoms with Crippen molar-refractivity contribution in [3.63, 3.8) is 0 Å². The lowest BCUT2D eigenvalue weighted by Crippen LogP contribution is -2.48. The first-order valence-electron chi connectivity index (χ1n) is 8.78. The monoisotopic (exact) mass is 350 g/mol. The quantitative estimate of drug-likeness (QED) is 0.729. The minimum Gasteiger partial charge on any atom is -0.495 e. The summed E-state index contributed by atoms with van der Waals surface area (Å²) < 4.78 is 7.39. The van der Waals surface area contributed by atoms with Crippen molar-refractivity contribution in [2.75, 3.05) is 38.2 Å². The maximum absolute atomic E-state index is 12.9. The smallest absolute Gasteiger partial charge is 0.254 e. The van der Waals surface area contributed by atoms with Gasteiger partial charge in [-0.25, -0.2) is 4.98 Å². The van der Waals surface area contributed by atoms with Crippen LogP contribution in [0, 0.1) is 6.92 Å². The van der Waals surface area contributed by atoms with Gasteiger partial charge in [0.1, 0.15) is 11.4 Å². The number of benzene rings is 1. The van der Waals surface area contributed by atoms with Gasteiger partial charge in [0.15, 0.2) is 0 Å². The highest BCUT2D eigenvalue weighted by molar-refractivity contribution is 5.95. The normalized spacial score (nSPS) is 14.7. The Morgan fingerprint density at radius 1 is 1.12 bits per heavy atom. The van der Waals surface area contributed by atoms with Crippen LogP contribution in [0.4, 0.5) is 5.69 Å². The summed E-state index contributed by atoms with van der Waals surface area (Å²) in [5.41, 5.74) is 3.52. The van der Waals surface area contributed by atoms with Gasteiger partial charge >= 0.3 is 0 Å². The summed E-state index contributed by atoms with van der Waals surface area (Å²) in [6.07, 6.45) is 3.85. The lowest BCUT2D eigenvalue weighted by atomic mass is 10.2. The Morgan fingerprint density at radius 3 is 2.65 bits per heavy atom. The summed E-state index contributed by atoms with van der Waals surface area (Å²) in [6.45, 7) is 4.91. The standard InChI is InChI=1S/C20H22N4O2/c1-15-14-24-8-7-16(13-19(24)21-15)20(25)23-11-9-22(10-12-23)17-5-3-4-6-18(17)26-2/h3-8,13-14H,9-12H2,1-2H3. The Labute approximate surface area is 152 Å². The molecule has 1 aliphatic rings. The van der Waals surface area contributed by atoms with Gasteiger partial charge in [0.05, 0.1) is 18.5 Å². The summed E-state index contributed by atoms with van der Waals surface area (Å²) in [5, 5.41) is 0. The molecule has 26 heavy (non-hydrogen) atoms. The molecular weight excluding hydrogens is 328 g/mol. The third-order valence-corrected chi connectivity index (χ3v) is 4.82. The van der Waals surface area contributed by atoms with E-state index >= 15 is 0 Å². The molecule has 0 atom stereocenters. The van der Waals surface area contributed by atoms with E-state index in [0.717, 1.165) is 35.9 Å². The molecule has 0 aliphatic carbocycles. The Hall–Kier alpha value is -3.02. The van der Waals surface area contributed by atoms with Gasteiger partial charge in [-0.3, -0.25) is 4.79 Å². The van der Waals surface area contributed by atoms with Crippen molar-refractivity contribution >= 4 is 17.2 Å². The number of methoxy groups -OCH3 is 1. The van der Waals surface area contributed by atoms with Crippen LogP contribution in [0.15, 0.2) is 48.8 Å². The van der Waals surface area contributed by atoms with Gasteiger partial charge in [0.2, 0.25) is 0 Å². The summed E-state index contributed by atoms with van der Waals surface area (Å²) in [4.78, 5) is 21.5. The Bertz CT molecular complexity index is 942. The van der Waals surface area contributed by atoms with Gasteiger partial charge in [-0.2, -0.15) is 0 Å². The molecule has 0 unspecified atom stereocenters. The number of hydrogen-bond donors (Lipinski definition) is 0. The second kappa shape index (κ2) is 6.71. The van der Waals surface area contributed by atoms with Crippen LogP contribution >= 0.6 is 0 Å². The van der Waals surface area contributed by atoms with Gasteiger partial charge in [-0.1, -0.05) is 12.1 Å². The van der Waals surface area contributed by atoms with Gasteiger partial charge in [0, 0.05) is 44.1 Å². The SMILES string of the molecule is COc1ccccc1N1CCN(C(=O)c2ccn3cc(C)nc3c2)CC1. The van der Waals surface area contributed by atoms with E-state index in [1.807, 2.05) is 58.9 Å². The fourth-order valence-corrected chi connectivity index (χ4v) is 3.47. The van der Waals surface area contributed by atoms with Crippen LogP contribution in [-0.4, -0.2) is 53.5 Å². The topological polar surface area (TPSA) is 50.1 Å². The minimum atomic E-state index is 0.0628. The molecule has 134 valence electrons. The zero-order valence-electron chi connectivity index (χ0n) is 15.1. The molecule has 0 radical (unpaired) electrons. The van der Waals surface area contributed by atoms with E-state index < -0.39 is 0 Å². The number of aromatic nitrogens is 2. The summed E-state index contributed by atoms with van der Waals surface area (Å²) >= 11 is 0. The third kappa shape index (κ3) is 2.98. The predicted molar refractivity (Wildman–Crippen MR) is 101 cm³/mol. The van der Waals surface area contributed by atoms with Crippen LogP contribution in [-0.2, 0) is 0 Å². The van der Waals surface area contributed by atoms with Crippen molar-refractivity contribution < 1.29 is 9.53 Å². The molecule has 0 saturated carbocycles. The Morgan fingerprint density at radius 2 is 1.88 bits per heavy atom. The first kappa shape index (κ1) is 16.4. The molecular formula is C20H22N4O2. The lowest BCUT2D eigenvalue weighted by Gasteiger charge is -2.36. The van der Waals surface area contributed by atoms with Gasteiger partial charge < -0.3 is 18.9 Å². The number of piperazine rings is 1. The van der Waals surface area contributed by atoms with Crippen LogP contribution in [0.25, 0.3) is 5.65 Å². The number of aryl methyl sites for hydroxylation is 1. The van der Waals surface area contributed by atoms with E-state index in [4.69, 9.17) is 4.74 Å². The molecule has 0 N–H and O–H groups in total. The zero-order chi connectivity index (χ0) is 18.1. The van der Waals surface area contributed by atoms with E-state index in [1.54, 1.807) is 7.11 Å². The molecule has 6 nitrogen and oxygen atoms in total. The number of imidazole rings is 1. The largest absolute Gasteiger partial charge is 0.495 e. The van der Waals surface area contributed by atoms with Gasteiger partial charge in [-0.05, 0) is 31.2 Å². The van der Waals surface area contributed by atoms with Crippen molar-refractivity contribution in [3.8, 4) is 5.75 Å². The number of ether oxygens (including phenoxy) is 1. The van der Waals surface area contributed by atoms with Crippen molar-refractivity contribution in [2.45, 2.75) is 6.92 Å². The average Bonchev–Trinajstić information content (AvgIpc) is 3.06. The zero-order valence-corrected chi connectivity index (χ0v) is 15.1. The van der Waals surface area contributed by atoms with Crippen molar-refractivity contribution in [1.29, 1.82) is 0 Å². The predicted octanol–water partition coefficient (Wildman–Crippen LogP) is 2.61. The summed E-state index contributed by atoms with van der Waals surface area (Å²) in [6, 6.07) is 11.7. The molecule has 3 aromatic rings. The molecule has 1 aromatic carbocycles. The number of para-hydroxylation sites is 2. The molecule has 2 aromatic heterocycles. The van der Waals surface area contributed by atoms with Crippen LogP contribution in [0.2, 0.25) is 0 Å². The molecule has 4 rings (SSSR count). The number of fused-ring (bicyclic) bond motifs is 1. The van der Waals surface area contributed by atoms with Crippen molar-refractivity contribution in [3.05, 3.63) is 60.0 Å². The second-order valence-corrected chi connectivity index (χ2v) is 6.51. The molecule has 6 heteroatoms. The minimum absolute atomic E-state index is 0.0628. The molecule has 1 aliphatic heterocycles. The average molecular weight is 350 g/mol. The Kier molecular flexibility index (Phi) is 4.24. The molecule has 1 amide bonds. The van der Waals surface area contributed by atoms with E-state index in [1.165, 1.54) is 0 Å². The second-order valence-electron chi connectivity index (χ2n) is 6.51. The summed E-state index contributed by atoms with van der Waals surface area (Å²) in [7, 11) is 1.69. The lowest BCUT2D eigenvalue weighted by molar-refractivity contribution is 0.0746. The first-order chi connectivity index (χ1) is 12.7. The number of hydrogen-bond acceptors (Lipinski definition) is 4. The highest BCUT2D eigenvalue weighted by atomic mass is 16.5. The van der Waals surface area contributed by atoms with Crippen LogP contribution in [0.1, 0.15) is 16.1 Å². The molecule has 0 spiro atoms. The van der Waals surface area contributed by atoms with Crippen LogP contribution < -0.4 is 9.64 Å². The maximum atomic E-state index is 12.9. The third-order valence-electron chi connectivity index (χ3n) is 4.82. The molecule has 3 heterocycles. The highest BCUT2D eigenvalue weighted by Crippen LogP contribution is 2.28. The first-order valence-corrected chi connectivity index (χ1v) is 8.78. The van der Waals surface area contributed by atoms with Gasteiger partial charge in [0.25, 0.3) is 5.91 Å². The maximum Gasteiger partial charge on any atom is 0.254 e. The van der Waals surface area contributed by atoms with Crippen LogP contribution in [0.5, 0.6) is 5.75 Å². The van der Waals surface area contributed by atoms with Crippen molar-refractivity contribution in [2.24, 2.45) is 0 Å². The number of amides is 1. The number of pyridine rings is 1. The van der Waals surface area contributed by atoms with Crippen molar-refractivity contribution in [1.82, 2.24) is 14.3 Å². The molecule has 1 saturated heterocycles. The van der Waals surface area contributed by atoms with E-state index in [0.29, 0.717) is 18.7 Å². The number of carbonyl (C=O) groups is 1. The number of rotatable bonds is 3. The van der Waals surface area contributed by atoms with Gasteiger partial charge in [-0.15, -0.1) is 0 Å². The molecule has 0 bridgehead atoms. The fraction of sp³-hybridized carbons (Fsp3) is 0.300. The molecule has 1 fully saturated rings. The number of anilines is 1. The van der Waals surface area contributed by atoms with Crippen LogP contribution in [0.3, 0.4) is 0 Å². The van der Waals surface area contributed by atoms with E-state index in [2.05, 4.69) is 16.0 Å². The van der Waals surface area contributed by atoms with E-state index in [9.17, 15) is 4.79 Å².